The summed E-state index contributed by atoms with van der Waals surface area (Å²) < 4.78 is 12.3. The van der Waals surface area contributed by atoms with E-state index in [0.29, 0.717) is 6.61 Å². The Morgan fingerprint density at radius 3 is 2.12 bits per heavy atom. The molecule has 4 nitrogen and oxygen atoms in total. The minimum absolute atomic E-state index is 0. The number of hydrogen-bond donors (Lipinski definition) is 0. The lowest BCUT2D eigenvalue weighted by Gasteiger charge is -2.37. The molecule has 34 heavy (non-hydrogen) atoms. The number of rotatable bonds is 9. The predicted molar refractivity (Wildman–Crippen MR) is 145 cm³/mol. The van der Waals surface area contributed by atoms with E-state index in [1.54, 1.807) is 0 Å². The summed E-state index contributed by atoms with van der Waals surface area (Å²) in [6.07, 6.45) is 4.53. The highest BCUT2D eigenvalue weighted by molar-refractivity contribution is 5.85. The third kappa shape index (κ3) is 8.46. The fourth-order valence-electron chi connectivity index (χ4n) is 3.87. The number of para-hydroxylation sites is 2. The van der Waals surface area contributed by atoms with Crippen molar-refractivity contribution in [3.63, 3.8) is 0 Å². The van der Waals surface area contributed by atoms with Crippen LogP contribution in [0.15, 0.2) is 91.0 Å². The second kappa shape index (κ2) is 14.8. The number of nitrogens with zero attached hydrogens (tertiary/aromatic N) is 2. The molecule has 0 aliphatic carbocycles. The third-order valence-electron chi connectivity index (χ3n) is 5.82. The minimum Gasteiger partial charge on any atom is -0.457 e. The van der Waals surface area contributed by atoms with Gasteiger partial charge in [-0.15, -0.1) is 24.8 Å². The normalized spacial score (nSPS) is 15.3. The van der Waals surface area contributed by atoms with E-state index < -0.39 is 0 Å². The lowest BCUT2D eigenvalue weighted by Crippen LogP contribution is -2.50. The van der Waals surface area contributed by atoms with Crippen molar-refractivity contribution in [3.8, 4) is 11.5 Å². The van der Waals surface area contributed by atoms with Gasteiger partial charge in [-0.05, 0) is 30.7 Å². The van der Waals surface area contributed by atoms with Gasteiger partial charge < -0.3 is 9.47 Å². The summed E-state index contributed by atoms with van der Waals surface area (Å²) in [5.74, 6) is 1.69. The molecule has 3 aromatic carbocycles. The smallest absolute Gasteiger partial charge is 0.132 e. The lowest BCUT2D eigenvalue weighted by molar-refractivity contribution is -0.0723. The molecule has 0 spiro atoms. The molecule has 0 radical (unpaired) electrons. The molecule has 0 aromatic heterocycles. The molecule has 1 heterocycles. The van der Waals surface area contributed by atoms with Crippen LogP contribution in [-0.2, 0) is 11.3 Å². The molecule has 0 amide bonds. The lowest BCUT2D eigenvalue weighted by atomic mass is 10.2. The van der Waals surface area contributed by atoms with Crippen LogP contribution in [-0.4, -0.2) is 48.8 Å². The summed E-state index contributed by atoms with van der Waals surface area (Å²) in [4.78, 5) is 4.91. The Kier molecular flexibility index (Phi) is 12.2. The highest BCUT2D eigenvalue weighted by Crippen LogP contribution is 2.26. The van der Waals surface area contributed by atoms with Crippen molar-refractivity contribution >= 4 is 30.9 Å². The van der Waals surface area contributed by atoms with E-state index in [2.05, 4.69) is 65.3 Å². The molecular weight excluding hydrogens is 467 g/mol. The first-order valence-electron chi connectivity index (χ1n) is 11.4. The zero-order valence-corrected chi connectivity index (χ0v) is 21.2. The molecular formula is C28H34Cl2N2O2. The molecule has 6 heteroatoms. The van der Waals surface area contributed by atoms with Crippen molar-refractivity contribution in [2.75, 3.05) is 32.7 Å². The van der Waals surface area contributed by atoms with E-state index in [-0.39, 0.29) is 31.0 Å². The van der Waals surface area contributed by atoms with Crippen molar-refractivity contribution < 1.29 is 9.47 Å². The largest absolute Gasteiger partial charge is 0.457 e. The van der Waals surface area contributed by atoms with Crippen LogP contribution in [0, 0.1) is 0 Å². The van der Waals surface area contributed by atoms with Crippen molar-refractivity contribution in [2.45, 2.75) is 19.8 Å². The van der Waals surface area contributed by atoms with E-state index >= 15 is 0 Å². The minimum atomic E-state index is 0. The Morgan fingerprint density at radius 1 is 0.794 bits per heavy atom. The van der Waals surface area contributed by atoms with Gasteiger partial charge in [0.05, 0.1) is 6.61 Å². The first-order chi connectivity index (χ1) is 15.8. The average molecular weight is 501 g/mol. The second-order valence-electron chi connectivity index (χ2n) is 8.08. The molecule has 1 saturated heterocycles. The molecule has 0 saturated carbocycles. The SMILES string of the molecule is CC(OCc1ccccc1Oc1ccccc1)N1CCN(C/C=C\c2ccccc2)CC1.Cl.Cl. The van der Waals surface area contributed by atoms with Crippen molar-refractivity contribution in [1.82, 2.24) is 9.80 Å². The average Bonchev–Trinajstić information content (AvgIpc) is 2.85. The molecule has 1 fully saturated rings. The summed E-state index contributed by atoms with van der Waals surface area (Å²) in [5, 5.41) is 0. The van der Waals surface area contributed by atoms with Gasteiger partial charge in [0.15, 0.2) is 0 Å². The number of benzene rings is 3. The maximum absolute atomic E-state index is 6.23. The van der Waals surface area contributed by atoms with Gasteiger partial charge in [0.2, 0.25) is 0 Å². The maximum atomic E-state index is 6.23. The predicted octanol–water partition coefficient (Wildman–Crippen LogP) is 6.52. The Bertz CT molecular complexity index is 978. The molecule has 1 atom stereocenters. The van der Waals surface area contributed by atoms with Gasteiger partial charge in [0.25, 0.3) is 0 Å². The zero-order valence-electron chi connectivity index (χ0n) is 19.6. The van der Waals surface area contributed by atoms with Gasteiger partial charge in [0.1, 0.15) is 17.7 Å². The van der Waals surface area contributed by atoms with Crippen LogP contribution in [0.5, 0.6) is 11.5 Å². The molecule has 4 rings (SSSR count). The van der Waals surface area contributed by atoms with E-state index in [9.17, 15) is 0 Å². The monoisotopic (exact) mass is 500 g/mol. The first-order valence-corrected chi connectivity index (χ1v) is 11.4. The Labute approximate surface area is 216 Å². The van der Waals surface area contributed by atoms with Crippen LogP contribution < -0.4 is 4.74 Å². The summed E-state index contributed by atoms with van der Waals surface area (Å²) in [7, 11) is 0. The highest BCUT2D eigenvalue weighted by atomic mass is 35.5. The Morgan fingerprint density at radius 2 is 1.41 bits per heavy atom. The number of halogens is 2. The number of piperazine rings is 1. The van der Waals surface area contributed by atoms with Crippen LogP contribution >= 0.6 is 24.8 Å². The molecule has 1 unspecified atom stereocenters. The topological polar surface area (TPSA) is 24.9 Å². The van der Waals surface area contributed by atoms with Gasteiger partial charge in [-0.25, -0.2) is 0 Å². The molecule has 182 valence electrons. The van der Waals surface area contributed by atoms with Gasteiger partial charge in [-0.3, -0.25) is 9.80 Å². The van der Waals surface area contributed by atoms with Gasteiger partial charge in [0, 0.05) is 38.3 Å². The zero-order chi connectivity index (χ0) is 22.0. The highest BCUT2D eigenvalue weighted by Gasteiger charge is 2.21. The maximum Gasteiger partial charge on any atom is 0.132 e. The summed E-state index contributed by atoms with van der Waals surface area (Å²) in [6, 6.07) is 28.5. The second-order valence-corrected chi connectivity index (χ2v) is 8.08. The molecule has 0 N–H and O–H groups in total. The Hall–Kier alpha value is -2.34. The summed E-state index contributed by atoms with van der Waals surface area (Å²) in [5.41, 5.74) is 2.32. The van der Waals surface area contributed by atoms with Crippen LogP contribution in [0.1, 0.15) is 18.1 Å². The van der Waals surface area contributed by atoms with E-state index in [0.717, 1.165) is 49.8 Å². The summed E-state index contributed by atoms with van der Waals surface area (Å²) >= 11 is 0. The van der Waals surface area contributed by atoms with Crippen molar-refractivity contribution in [2.24, 2.45) is 0 Å². The first kappa shape index (κ1) is 27.9. The summed E-state index contributed by atoms with van der Waals surface area (Å²) in [6.45, 7) is 7.81. The van der Waals surface area contributed by atoms with Crippen molar-refractivity contribution in [1.29, 1.82) is 0 Å². The number of ether oxygens (including phenoxy) is 2. The third-order valence-corrected chi connectivity index (χ3v) is 5.82. The van der Waals surface area contributed by atoms with E-state index in [4.69, 9.17) is 9.47 Å². The molecule has 1 aliphatic rings. The standard InChI is InChI=1S/C28H32N2O2.2ClH/c1-24(30-21-19-29(20-22-30)18-10-13-25-11-4-2-5-12-25)31-23-26-14-8-9-17-28(26)32-27-15-6-3-7-16-27;;/h2-17,24H,18-23H2,1H3;2*1H/b13-10-;;. The Balaban J connectivity index is 0.00000204. The fourth-order valence-corrected chi connectivity index (χ4v) is 3.87. The van der Waals surface area contributed by atoms with Gasteiger partial charge >= 0.3 is 0 Å². The van der Waals surface area contributed by atoms with Crippen LogP contribution in [0.4, 0.5) is 0 Å². The van der Waals surface area contributed by atoms with Gasteiger partial charge in [-0.2, -0.15) is 0 Å². The fraction of sp³-hybridized carbons (Fsp3) is 0.286. The van der Waals surface area contributed by atoms with Crippen LogP contribution in [0.25, 0.3) is 6.08 Å². The molecule has 0 bridgehead atoms. The number of hydrogen-bond acceptors (Lipinski definition) is 4. The molecule has 3 aromatic rings. The van der Waals surface area contributed by atoms with Crippen molar-refractivity contribution in [3.05, 3.63) is 102 Å². The van der Waals surface area contributed by atoms with E-state index in [1.165, 1.54) is 5.56 Å². The van der Waals surface area contributed by atoms with Crippen LogP contribution in [0.3, 0.4) is 0 Å². The molecule has 1 aliphatic heterocycles. The van der Waals surface area contributed by atoms with E-state index in [1.807, 2.05) is 48.5 Å². The van der Waals surface area contributed by atoms with Gasteiger partial charge in [-0.1, -0.05) is 78.9 Å². The van der Waals surface area contributed by atoms with Crippen LogP contribution in [0.2, 0.25) is 0 Å². The quantitative estimate of drug-likeness (QED) is 0.334.